The number of carbonyl (C=O) groups excluding carboxylic acids is 2. The number of hydrogen-bond donors (Lipinski definition) is 1. The topological polar surface area (TPSA) is 49.4 Å². The first-order valence-electron chi connectivity index (χ1n) is 6.01. The number of likely N-dealkylation sites (N-methyl/N-ethyl adjacent to an activating group) is 1. The summed E-state index contributed by atoms with van der Waals surface area (Å²) in [6.07, 6.45) is 2.20. The highest BCUT2D eigenvalue weighted by Crippen LogP contribution is 2.23. The normalized spacial score (nSPS) is 18.9. The van der Waals surface area contributed by atoms with Crippen molar-refractivity contribution in [1.82, 2.24) is 5.32 Å². The number of rotatable bonds is 3. The smallest absolute Gasteiger partial charge is 0.249 e. The van der Waals surface area contributed by atoms with E-state index in [0.717, 1.165) is 0 Å². The maximum Gasteiger partial charge on any atom is 0.249 e. The molecule has 100 valence electrons. The van der Waals surface area contributed by atoms with Gasteiger partial charge in [0.05, 0.1) is 0 Å². The van der Waals surface area contributed by atoms with Crippen molar-refractivity contribution in [3.8, 4) is 0 Å². The molecular formula is C14H15FN2O2. The molecule has 5 heteroatoms. The lowest BCUT2D eigenvalue weighted by Gasteiger charge is -2.31. The second-order valence-corrected chi connectivity index (χ2v) is 4.49. The minimum absolute atomic E-state index is 0.250. The number of imide groups is 1. The molecule has 1 unspecified atom stereocenters. The number of benzene rings is 1. The Morgan fingerprint density at radius 1 is 1.47 bits per heavy atom. The van der Waals surface area contributed by atoms with Crippen LogP contribution in [0.3, 0.4) is 0 Å². The van der Waals surface area contributed by atoms with Gasteiger partial charge in [-0.15, -0.1) is 0 Å². The zero-order valence-corrected chi connectivity index (χ0v) is 10.6. The summed E-state index contributed by atoms with van der Waals surface area (Å²) in [7, 11) is 1.75. The predicted octanol–water partition coefficient (Wildman–Crippen LogP) is 1.71. The lowest BCUT2D eigenvalue weighted by atomic mass is 10.0. The number of hydrogen-bond acceptors (Lipinski definition) is 3. The van der Waals surface area contributed by atoms with Crippen molar-refractivity contribution >= 4 is 23.6 Å². The number of nitrogens with zero attached hydrogens (tertiary/aromatic N) is 1. The van der Waals surface area contributed by atoms with Crippen LogP contribution in [0.15, 0.2) is 24.8 Å². The number of nitrogens with one attached hydrogen (secondary N) is 1. The number of carbonyl (C=O) groups is 2. The molecule has 0 bridgehead atoms. The minimum atomic E-state index is -0.416. The summed E-state index contributed by atoms with van der Waals surface area (Å²) in [4.78, 5) is 24.6. The van der Waals surface area contributed by atoms with Gasteiger partial charge in [0.25, 0.3) is 0 Å². The third-order valence-electron chi connectivity index (χ3n) is 3.28. The summed E-state index contributed by atoms with van der Waals surface area (Å²) in [6.45, 7) is 3.55. The number of piperidine rings is 1. The van der Waals surface area contributed by atoms with E-state index in [1.54, 1.807) is 24.1 Å². The van der Waals surface area contributed by atoms with Gasteiger partial charge in [-0.05, 0) is 24.6 Å². The van der Waals surface area contributed by atoms with Crippen LogP contribution < -0.4 is 10.2 Å². The van der Waals surface area contributed by atoms with Crippen LogP contribution in [-0.2, 0) is 9.59 Å². The third kappa shape index (κ3) is 2.65. The third-order valence-corrected chi connectivity index (χ3v) is 3.28. The van der Waals surface area contributed by atoms with E-state index in [9.17, 15) is 14.0 Å². The fourth-order valence-electron chi connectivity index (χ4n) is 2.14. The quantitative estimate of drug-likeness (QED) is 0.844. The molecule has 19 heavy (non-hydrogen) atoms. The van der Waals surface area contributed by atoms with E-state index in [-0.39, 0.29) is 17.6 Å². The Morgan fingerprint density at radius 2 is 2.21 bits per heavy atom. The number of anilines is 1. The molecule has 0 aliphatic carbocycles. The highest BCUT2D eigenvalue weighted by molar-refractivity contribution is 6.01. The van der Waals surface area contributed by atoms with Gasteiger partial charge in [0.15, 0.2) is 0 Å². The second kappa shape index (κ2) is 5.22. The Bertz CT molecular complexity index is 542. The van der Waals surface area contributed by atoms with E-state index in [4.69, 9.17) is 0 Å². The molecule has 0 spiro atoms. The van der Waals surface area contributed by atoms with Gasteiger partial charge in [-0.3, -0.25) is 14.9 Å². The highest BCUT2D eigenvalue weighted by Gasteiger charge is 2.30. The molecule has 1 aliphatic rings. The van der Waals surface area contributed by atoms with Gasteiger partial charge in [-0.1, -0.05) is 12.7 Å². The monoisotopic (exact) mass is 262 g/mol. The Kier molecular flexibility index (Phi) is 3.64. The molecule has 1 N–H and O–H groups in total. The summed E-state index contributed by atoms with van der Waals surface area (Å²) >= 11 is 0. The molecule has 2 rings (SSSR count). The SMILES string of the molecule is C=Cc1cc(N(C)C2CCC(=O)NC2=O)ccc1F. The molecule has 1 aromatic rings. The molecule has 0 saturated carbocycles. The van der Waals surface area contributed by atoms with Crippen molar-refractivity contribution in [2.75, 3.05) is 11.9 Å². The van der Waals surface area contributed by atoms with Crippen LogP contribution in [0.4, 0.5) is 10.1 Å². The van der Waals surface area contributed by atoms with Gasteiger partial charge >= 0.3 is 0 Å². The van der Waals surface area contributed by atoms with Crippen LogP contribution in [0, 0.1) is 5.82 Å². The molecule has 1 saturated heterocycles. The van der Waals surface area contributed by atoms with Crippen LogP contribution in [0.2, 0.25) is 0 Å². The van der Waals surface area contributed by atoms with Crippen molar-refractivity contribution in [3.63, 3.8) is 0 Å². The van der Waals surface area contributed by atoms with E-state index in [0.29, 0.717) is 24.1 Å². The van der Waals surface area contributed by atoms with E-state index < -0.39 is 6.04 Å². The molecule has 1 aromatic carbocycles. The molecule has 1 aliphatic heterocycles. The molecule has 1 atom stereocenters. The van der Waals surface area contributed by atoms with E-state index in [1.165, 1.54) is 12.1 Å². The van der Waals surface area contributed by atoms with Crippen LogP contribution >= 0.6 is 0 Å². The molecule has 1 heterocycles. The van der Waals surface area contributed by atoms with E-state index in [2.05, 4.69) is 11.9 Å². The molecule has 2 amide bonds. The van der Waals surface area contributed by atoms with Gasteiger partial charge < -0.3 is 4.90 Å². The van der Waals surface area contributed by atoms with Gasteiger partial charge in [-0.25, -0.2) is 4.39 Å². The van der Waals surface area contributed by atoms with Crippen LogP contribution in [0.25, 0.3) is 6.08 Å². The van der Waals surface area contributed by atoms with Crippen LogP contribution in [0.5, 0.6) is 0 Å². The van der Waals surface area contributed by atoms with Gasteiger partial charge in [-0.2, -0.15) is 0 Å². The Balaban J connectivity index is 2.24. The lowest BCUT2D eigenvalue weighted by Crippen LogP contribution is -2.51. The van der Waals surface area contributed by atoms with Crippen LogP contribution in [0.1, 0.15) is 18.4 Å². The maximum atomic E-state index is 13.4. The first kappa shape index (κ1) is 13.3. The average Bonchev–Trinajstić information content (AvgIpc) is 2.38. The lowest BCUT2D eigenvalue weighted by molar-refractivity contribution is -0.134. The zero-order chi connectivity index (χ0) is 14.0. The standard InChI is InChI=1S/C14H15FN2O2/c1-3-9-8-10(4-5-11(9)15)17(2)12-6-7-13(18)16-14(12)19/h3-5,8,12H,1,6-7H2,2H3,(H,16,18,19). The fraction of sp³-hybridized carbons (Fsp3) is 0.286. The highest BCUT2D eigenvalue weighted by atomic mass is 19.1. The molecule has 1 fully saturated rings. The van der Waals surface area contributed by atoms with Gasteiger partial charge in [0.1, 0.15) is 11.9 Å². The molecule has 4 nitrogen and oxygen atoms in total. The van der Waals surface area contributed by atoms with Gasteiger partial charge in [0, 0.05) is 24.7 Å². The largest absolute Gasteiger partial charge is 0.363 e. The van der Waals surface area contributed by atoms with E-state index in [1.807, 2.05) is 0 Å². The number of halogens is 1. The summed E-state index contributed by atoms with van der Waals surface area (Å²) < 4.78 is 13.4. The second-order valence-electron chi connectivity index (χ2n) is 4.49. The summed E-state index contributed by atoms with van der Waals surface area (Å²) in [5, 5.41) is 2.31. The molecule has 0 aromatic heterocycles. The first-order chi connectivity index (χ1) is 9.02. The first-order valence-corrected chi connectivity index (χ1v) is 6.01. The minimum Gasteiger partial charge on any atom is -0.363 e. The summed E-state index contributed by atoms with van der Waals surface area (Å²) in [5.41, 5.74) is 1.10. The van der Waals surface area contributed by atoms with Gasteiger partial charge in [0.2, 0.25) is 11.8 Å². The van der Waals surface area contributed by atoms with E-state index >= 15 is 0 Å². The van der Waals surface area contributed by atoms with Crippen molar-refractivity contribution in [1.29, 1.82) is 0 Å². The summed E-state index contributed by atoms with van der Waals surface area (Å²) in [6, 6.07) is 4.16. The summed E-state index contributed by atoms with van der Waals surface area (Å²) in [5.74, 6) is -0.917. The van der Waals surface area contributed by atoms with Crippen molar-refractivity contribution in [2.45, 2.75) is 18.9 Å². The Hall–Kier alpha value is -2.17. The molecular weight excluding hydrogens is 247 g/mol. The van der Waals surface area contributed by atoms with Crippen molar-refractivity contribution < 1.29 is 14.0 Å². The molecule has 0 radical (unpaired) electrons. The number of amides is 2. The van der Waals surface area contributed by atoms with Crippen LogP contribution in [-0.4, -0.2) is 24.9 Å². The Labute approximate surface area is 110 Å². The van der Waals surface area contributed by atoms with Crippen molar-refractivity contribution in [2.24, 2.45) is 0 Å². The fourth-order valence-corrected chi connectivity index (χ4v) is 2.14. The Morgan fingerprint density at radius 3 is 2.84 bits per heavy atom. The maximum absolute atomic E-state index is 13.4. The van der Waals surface area contributed by atoms with Crippen molar-refractivity contribution in [3.05, 3.63) is 36.2 Å². The zero-order valence-electron chi connectivity index (χ0n) is 10.6. The average molecular weight is 262 g/mol. The predicted molar refractivity (Wildman–Crippen MR) is 71.1 cm³/mol.